The Hall–Kier alpha value is -1.35. The lowest BCUT2D eigenvalue weighted by Crippen LogP contribution is -2.29. The topological polar surface area (TPSA) is 49.3 Å². The van der Waals surface area contributed by atoms with Crippen molar-refractivity contribution >= 4 is 5.97 Å². The molecule has 0 amide bonds. The summed E-state index contributed by atoms with van der Waals surface area (Å²) in [6.45, 7) is 5.42. The predicted octanol–water partition coefficient (Wildman–Crippen LogP) is 4.18. The lowest BCUT2D eigenvalue weighted by atomic mass is 9.96. The number of benzene rings is 1. The molecule has 1 atom stereocenters. The summed E-state index contributed by atoms with van der Waals surface area (Å²) < 4.78 is 0. The third-order valence-electron chi connectivity index (χ3n) is 4.63. The van der Waals surface area contributed by atoms with Gasteiger partial charge in [-0.05, 0) is 42.2 Å². The van der Waals surface area contributed by atoms with Crippen LogP contribution in [-0.2, 0) is 11.3 Å². The van der Waals surface area contributed by atoms with E-state index in [0.717, 1.165) is 18.9 Å². The van der Waals surface area contributed by atoms with Crippen LogP contribution in [0.4, 0.5) is 0 Å². The molecular formula is C19H29NO2. The molecule has 2 rings (SSSR count). The molecule has 0 spiro atoms. The fourth-order valence-electron chi connectivity index (χ4n) is 3.40. The Kier molecular flexibility index (Phi) is 6.44. The summed E-state index contributed by atoms with van der Waals surface area (Å²) in [5, 5.41) is 12.5. The first-order valence-corrected chi connectivity index (χ1v) is 8.58. The molecule has 122 valence electrons. The summed E-state index contributed by atoms with van der Waals surface area (Å²) in [6.07, 6.45) is 6.10. The molecular weight excluding hydrogens is 274 g/mol. The van der Waals surface area contributed by atoms with Gasteiger partial charge in [-0.2, -0.15) is 0 Å². The number of carboxylic acid groups (broad SMARTS) is 1. The fourth-order valence-corrected chi connectivity index (χ4v) is 3.40. The molecule has 1 aromatic carbocycles. The van der Waals surface area contributed by atoms with Crippen LogP contribution in [0, 0.1) is 11.8 Å². The summed E-state index contributed by atoms with van der Waals surface area (Å²) in [4.78, 5) is 11.2. The zero-order valence-corrected chi connectivity index (χ0v) is 13.8. The first-order valence-electron chi connectivity index (χ1n) is 8.58. The van der Waals surface area contributed by atoms with Crippen molar-refractivity contribution in [1.82, 2.24) is 5.32 Å². The maximum atomic E-state index is 11.2. The molecule has 0 radical (unpaired) electrons. The van der Waals surface area contributed by atoms with Crippen molar-refractivity contribution < 1.29 is 9.90 Å². The van der Waals surface area contributed by atoms with Crippen molar-refractivity contribution in [2.45, 2.75) is 58.4 Å². The summed E-state index contributed by atoms with van der Waals surface area (Å²) in [7, 11) is 0. The van der Waals surface area contributed by atoms with E-state index in [9.17, 15) is 9.90 Å². The highest BCUT2D eigenvalue weighted by molar-refractivity contribution is 5.70. The lowest BCUT2D eigenvalue weighted by Gasteiger charge is -2.16. The Morgan fingerprint density at radius 3 is 2.41 bits per heavy atom. The summed E-state index contributed by atoms with van der Waals surface area (Å²) in [5.74, 6) is 0.175. The largest absolute Gasteiger partial charge is 0.481 e. The Bertz CT molecular complexity index is 461. The van der Waals surface area contributed by atoms with E-state index in [1.165, 1.54) is 36.8 Å². The molecule has 0 bridgehead atoms. The van der Waals surface area contributed by atoms with Crippen LogP contribution in [0.1, 0.15) is 63.0 Å². The first-order chi connectivity index (χ1) is 10.6. The van der Waals surface area contributed by atoms with Gasteiger partial charge in [0.05, 0.1) is 5.92 Å². The third-order valence-corrected chi connectivity index (χ3v) is 4.63. The van der Waals surface area contributed by atoms with Gasteiger partial charge in [0.1, 0.15) is 0 Å². The predicted molar refractivity (Wildman–Crippen MR) is 89.9 cm³/mol. The summed E-state index contributed by atoms with van der Waals surface area (Å²) >= 11 is 0. The molecule has 0 saturated heterocycles. The molecule has 3 heteroatoms. The van der Waals surface area contributed by atoms with E-state index in [-0.39, 0.29) is 5.92 Å². The molecule has 1 unspecified atom stereocenters. The van der Waals surface area contributed by atoms with E-state index in [0.29, 0.717) is 12.5 Å². The molecule has 1 aliphatic rings. The van der Waals surface area contributed by atoms with Crippen LogP contribution in [0.3, 0.4) is 0 Å². The maximum absolute atomic E-state index is 11.2. The Balaban J connectivity index is 1.79. The average Bonchev–Trinajstić information content (AvgIpc) is 3.00. The van der Waals surface area contributed by atoms with Crippen LogP contribution >= 0.6 is 0 Å². The van der Waals surface area contributed by atoms with Crippen molar-refractivity contribution in [3.8, 4) is 0 Å². The molecule has 1 fully saturated rings. The van der Waals surface area contributed by atoms with Gasteiger partial charge in [-0.1, -0.05) is 51.0 Å². The normalized spacial score (nSPS) is 17.0. The van der Waals surface area contributed by atoms with Crippen molar-refractivity contribution in [3.63, 3.8) is 0 Å². The molecule has 1 aliphatic carbocycles. The van der Waals surface area contributed by atoms with Gasteiger partial charge in [-0.15, -0.1) is 0 Å². The second-order valence-electron chi connectivity index (χ2n) is 7.02. The van der Waals surface area contributed by atoms with Crippen LogP contribution in [-0.4, -0.2) is 17.6 Å². The Morgan fingerprint density at radius 1 is 1.23 bits per heavy atom. The zero-order chi connectivity index (χ0) is 15.9. The maximum Gasteiger partial charge on any atom is 0.307 e. The van der Waals surface area contributed by atoms with Crippen molar-refractivity contribution in [1.29, 1.82) is 0 Å². The van der Waals surface area contributed by atoms with Gasteiger partial charge in [0.25, 0.3) is 0 Å². The van der Waals surface area contributed by atoms with Crippen molar-refractivity contribution in [3.05, 3.63) is 35.4 Å². The summed E-state index contributed by atoms with van der Waals surface area (Å²) in [5.41, 5.74) is 2.69. The standard InChI is InChI=1S/C19H29NO2/c1-14(2)11-18(19(21)22)13-20-12-15-7-9-17(10-8-15)16-5-3-4-6-16/h7-10,14,16,18,20H,3-6,11-13H2,1-2H3,(H,21,22). The monoisotopic (exact) mass is 303 g/mol. The quantitative estimate of drug-likeness (QED) is 0.757. The molecule has 1 saturated carbocycles. The minimum atomic E-state index is -0.696. The first kappa shape index (κ1) is 17.0. The van der Waals surface area contributed by atoms with Crippen LogP contribution in [0.25, 0.3) is 0 Å². The van der Waals surface area contributed by atoms with E-state index >= 15 is 0 Å². The highest BCUT2D eigenvalue weighted by Crippen LogP contribution is 2.33. The molecule has 22 heavy (non-hydrogen) atoms. The van der Waals surface area contributed by atoms with E-state index < -0.39 is 5.97 Å². The van der Waals surface area contributed by atoms with E-state index in [2.05, 4.69) is 43.4 Å². The highest BCUT2D eigenvalue weighted by atomic mass is 16.4. The fraction of sp³-hybridized carbons (Fsp3) is 0.632. The Labute approximate surface area is 134 Å². The number of rotatable bonds is 8. The average molecular weight is 303 g/mol. The number of nitrogens with one attached hydrogen (secondary N) is 1. The molecule has 3 nitrogen and oxygen atoms in total. The van der Waals surface area contributed by atoms with Crippen molar-refractivity contribution in [2.24, 2.45) is 11.8 Å². The van der Waals surface area contributed by atoms with Crippen LogP contribution in [0.5, 0.6) is 0 Å². The van der Waals surface area contributed by atoms with Crippen LogP contribution in [0.2, 0.25) is 0 Å². The van der Waals surface area contributed by atoms with Gasteiger partial charge in [0, 0.05) is 13.1 Å². The molecule has 1 aromatic rings. The van der Waals surface area contributed by atoms with Gasteiger partial charge in [0.15, 0.2) is 0 Å². The number of carbonyl (C=O) groups is 1. The molecule has 0 aromatic heterocycles. The second kappa shape index (κ2) is 8.33. The van der Waals surface area contributed by atoms with Gasteiger partial charge >= 0.3 is 5.97 Å². The highest BCUT2D eigenvalue weighted by Gasteiger charge is 2.18. The SMILES string of the molecule is CC(C)CC(CNCc1ccc(C2CCCC2)cc1)C(=O)O. The van der Waals surface area contributed by atoms with Gasteiger partial charge in [0.2, 0.25) is 0 Å². The Morgan fingerprint density at radius 2 is 1.86 bits per heavy atom. The van der Waals surface area contributed by atoms with Crippen LogP contribution < -0.4 is 5.32 Å². The number of aliphatic carboxylic acids is 1. The summed E-state index contributed by atoms with van der Waals surface area (Å²) in [6, 6.07) is 8.85. The third kappa shape index (κ3) is 5.13. The minimum Gasteiger partial charge on any atom is -0.481 e. The molecule has 0 aliphatic heterocycles. The van der Waals surface area contributed by atoms with Crippen molar-refractivity contribution in [2.75, 3.05) is 6.54 Å². The van der Waals surface area contributed by atoms with E-state index in [1.54, 1.807) is 0 Å². The number of hydrogen-bond donors (Lipinski definition) is 2. The molecule has 2 N–H and O–H groups in total. The van der Waals surface area contributed by atoms with E-state index in [1.807, 2.05) is 0 Å². The van der Waals surface area contributed by atoms with Gasteiger partial charge < -0.3 is 10.4 Å². The van der Waals surface area contributed by atoms with E-state index in [4.69, 9.17) is 0 Å². The smallest absolute Gasteiger partial charge is 0.307 e. The van der Waals surface area contributed by atoms with Crippen LogP contribution in [0.15, 0.2) is 24.3 Å². The zero-order valence-electron chi connectivity index (χ0n) is 13.8. The minimum absolute atomic E-state index is 0.294. The lowest BCUT2D eigenvalue weighted by molar-refractivity contribution is -0.142. The van der Waals surface area contributed by atoms with Gasteiger partial charge in [-0.25, -0.2) is 0 Å². The number of hydrogen-bond acceptors (Lipinski definition) is 2. The van der Waals surface area contributed by atoms with Gasteiger partial charge in [-0.3, -0.25) is 4.79 Å². The second-order valence-corrected chi connectivity index (χ2v) is 7.02. The number of carboxylic acids is 1. The molecule has 0 heterocycles.